The van der Waals surface area contributed by atoms with Crippen molar-refractivity contribution in [2.24, 2.45) is 24.3 Å². The van der Waals surface area contributed by atoms with Crippen molar-refractivity contribution < 1.29 is 9.90 Å². The Labute approximate surface area is 282 Å². The van der Waals surface area contributed by atoms with Crippen molar-refractivity contribution in [2.75, 3.05) is 19.6 Å². The van der Waals surface area contributed by atoms with Crippen molar-refractivity contribution in [1.29, 1.82) is 0 Å². The zero-order chi connectivity index (χ0) is 34.4. The van der Waals surface area contributed by atoms with Crippen LogP contribution in [0.15, 0.2) is 53.5 Å². The number of hydrogen-bond donors (Lipinski definition) is 1. The van der Waals surface area contributed by atoms with Crippen LogP contribution in [-0.2, 0) is 31.2 Å². The van der Waals surface area contributed by atoms with Gasteiger partial charge in [0.15, 0.2) is 0 Å². The molecule has 5 rings (SSSR count). The lowest BCUT2D eigenvalue weighted by molar-refractivity contribution is -0.130. The molecule has 2 aliphatic heterocycles. The zero-order valence-corrected chi connectivity index (χ0v) is 30.2. The maximum absolute atomic E-state index is 13.5. The van der Waals surface area contributed by atoms with Crippen LogP contribution in [0.2, 0.25) is 0 Å². The quantitative estimate of drug-likeness (QED) is 0.268. The summed E-state index contributed by atoms with van der Waals surface area (Å²) in [4.78, 5) is 30.4. The van der Waals surface area contributed by atoms with Gasteiger partial charge in [0.25, 0.3) is 5.56 Å². The van der Waals surface area contributed by atoms with Crippen LogP contribution < -0.4 is 5.56 Å². The molecule has 2 aromatic carbocycles. The van der Waals surface area contributed by atoms with E-state index in [1.54, 1.807) is 11.6 Å². The van der Waals surface area contributed by atoms with Crippen molar-refractivity contribution in [3.8, 4) is 16.9 Å². The van der Waals surface area contributed by atoms with Crippen LogP contribution in [0.25, 0.3) is 11.1 Å². The van der Waals surface area contributed by atoms with Gasteiger partial charge in [0.1, 0.15) is 5.75 Å². The molecule has 0 radical (unpaired) electrons. The highest BCUT2D eigenvalue weighted by Gasteiger charge is 2.34. The molecule has 0 saturated carbocycles. The number of fused-ring (bicyclic) bond motifs is 1. The fourth-order valence-corrected chi connectivity index (χ4v) is 7.62. The Morgan fingerprint density at radius 2 is 1.74 bits per heavy atom. The maximum Gasteiger partial charge on any atom is 0.253 e. The van der Waals surface area contributed by atoms with Gasteiger partial charge in [-0.25, -0.2) is 0 Å². The van der Waals surface area contributed by atoms with Crippen LogP contribution >= 0.6 is 0 Å². The molecule has 0 bridgehead atoms. The Kier molecular flexibility index (Phi) is 9.94. The van der Waals surface area contributed by atoms with Crippen molar-refractivity contribution >= 4 is 5.91 Å². The van der Waals surface area contributed by atoms with Gasteiger partial charge in [0, 0.05) is 48.6 Å². The SMILES string of the molecule is C=C(C(=O)N1CCc2c(CC3CCN(Cc4c(C)cc(-c5cn(C)c(=O)c(C)c5C)cc4O)CC3)cccc2C1C)C(C)C(C)(C)C. The van der Waals surface area contributed by atoms with Gasteiger partial charge in [-0.1, -0.05) is 58.5 Å². The minimum absolute atomic E-state index is 0.000237. The number of likely N-dealkylation sites (tertiary alicyclic amines) is 1. The first-order chi connectivity index (χ1) is 22.1. The van der Waals surface area contributed by atoms with Crippen LogP contribution in [0.4, 0.5) is 0 Å². The summed E-state index contributed by atoms with van der Waals surface area (Å²) in [6.07, 6.45) is 6.09. The minimum atomic E-state index is 0.000237. The highest BCUT2D eigenvalue weighted by atomic mass is 16.3. The molecule has 6 heteroatoms. The number of piperidine rings is 1. The van der Waals surface area contributed by atoms with Crippen LogP contribution in [0.5, 0.6) is 5.75 Å². The fourth-order valence-electron chi connectivity index (χ4n) is 7.62. The number of hydrogen-bond acceptors (Lipinski definition) is 4. The number of carbonyl (C=O) groups is 1. The number of carbonyl (C=O) groups excluding carboxylic acids is 1. The summed E-state index contributed by atoms with van der Waals surface area (Å²) in [5.41, 5.74) is 10.6. The monoisotopic (exact) mass is 637 g/mol. The van der Waals surface area contributed by atoms with Gasteiger partial charge < -0.3 is 14.6 Å². The molecule has 1 aromatic heterocycles. The van der Waals surface area contributed by atoms with Crippen molar-refractivity contribution in [2.45, 2.75) is 93.7 Å². The Bertz CT molecular complexity index is 1710. The smallest absolute Gasteiger partial charge is 0.253 e. The molecule has 47 heavy (non-hydrogen) atoms. The van der Waals surface area contributed by atoms with Gasteiger partial charge in [0.05, 0.1) is 6.04 Å². The second kappa shape index (κ2) is 13.5. The van der Waals surface area contributed by atoms with Crippen molar-refractivity contribution in [3.05, 3.63) is 98.0 Å². The third kappa shape index (κ3) is 6.99. The van der Waals surface area contributed by atoms with Gasteiger partial charge in [0.2, 0.25) is 5.91 Å². The number of aromatic nitrogens is 1. The predicted molar refractivity (Wildman–Crippen MR) is 193 cm³/mol. The van der Waals surface area contributed by atoms with Crippen molar-refractivity contribution in [3.63, 3.8) is 0 Å². The first-order valence-electron chi connectivity index (χ1n) is 17.4. The number of pyridine rings is 1. The lowest BCUT2D eigenvalue weighted by atomic mass is 9.77. The predicted octanol–water partition coefficient (Wildman–Crippen LogP) is 7.82. The van der Waals surface area contributed by atoms with E-state index in [0.29, 0.717) is 17.2 Å². The van der Waals surface area contributed by atoms with Crippen molar-refractivity contribution in [1.82, 2.24) is 14.4 Å². The van der Waals surface area contributed by atoms with E-state index < -0.39 is 0 Å². The molecule has 2 unspecified atom stereocenters. The Balaban J connectivity index is 1.22. The van der Waals surface area contributed by atoms with Crippen LogP contribution in [0, 0.1) is 38.0 Å². The van der Waals surface area contributed by atoms with E-state index in [4.69, 9.17) is 0 Å². The van der Waals surface area contributed by atoms with E-state index in [0.717, 1.165) is 85.2 Å². The Morgan fingerprint density at radius 1 is 1.06 bits per heavy atom. The average Bonchev–Trinajstić information content (AvgIpc) is 3.03. The highest BCUT2D eigenvalue weighted by Crippen LogP contribution is 2.38. The molecule has 1 saturated heterocycles. The Morgan fingerprint density at radius 3 is 2.38 bits per heavy atom. The summed E-state index contributed by atoms with van der Waals surface area (Å²) in [5, 5.41) is 11.2. The normalized spacial score (nSPS) is 18.2. The summed E-state index contributed by atoms with van der Waals surface area (Å²) in [6.45, 7) is 24.4. The van der Waals surface area contributed by atoms with Crippen LogP contribution in [0.1, 0.15) is 92.4 Å². The highest BCUT2D eigenvalue weighted by molar-refractivity contribution is 5.94. The van der Waals surface area contributed by atoms with E-state index in [2.05, 4.69) is 77.3 Å². The number of phenols is 1. The van der Waals surface area contributed by atoms with Gasteiger partial charge in [-0.15, -0.1) is 0 Å². The van der Waals surface area contributed by atoms with Gasteiger partial charge in [-0.3, -0.25) is 14.5 Å². The molecule has 3 heterocycles. The molecule has 2 aliphatic rings. The van der Waals surface area contributed by atoms with Crippen LogP contribution in [0.3, 0.4) is 0 Å². The average molecular weight is 638 g/mol. The summed E-state index contributed by atoms with van der Waals surface area (Å²) in [6, 6.07) is 10.7. The van der Waals surface area contributed by atoms with E-state index >= 15 is 0 Å². The number of aromatic hydroxyl groups is 1. The van der Waals surface area contributed by atoms with Gasteiger partial charge >= 0.3 is 0 Å². The molecular weight excluding hydrogens is 582 g/mol. The van der Waals surface area contributed by atoms with Crippen LogP contribution in [-0.4, -0.2) is 45.0 Å². The second-order valence-corrected chi connectivity index (χ2v) is 15.4. The van der Waals surface area contributed by atoms with E-state index in [1.165, 1.54) is 16.7 Å². The lowest BCUT2D eigenvalue weighted by Crippen LogP contribution is -2.42. The number of benzene rings is 2. The third-order valence-electron chi connectivity index (χ3n) is 11.5. The molecule has 6 nitrogen and oxygen atoms in total. The van der Waals surface area contributed by atoms with E-state index in [1.807, 2.05) is 31.0 Å². The van der Waals surface area contributed by atoms with E-state index in [-0.39, 0.29) is 28.8 Å². The fraction of sp³-hybridized carbons (Fsp3) is 0.512. The second-order valence-electron chi connectivity index (χ2n) is 15.4. The summed E-state index contributed by atoms with van der Waals surface area (Å²) >= 11 is 0. The number of phenolic OH excluding ortho intramolecular Hbond substituents is 1. The molecule has 1 N–H and O–H groups in total. The number of nitrogens with zero attached hydrogens (tertiary/aromatic N) is 3. The number of amides is 1. The third-order valence-corrected chi connectivity index (χ3v) is 11.5. The Hall–Kier alpha value is -3.64. The summed E-state index contributed by atoms with van der Waals surface area (Å²) in [7, 11) is 1.78. The minimum Gasteiger partial charge on any atom is -0.508 e. The largest absolute Gasteiger partial charge is 0.508 e. The molecule has 2 atom stereocenters. The maximum atomic E-state index is 13.5. The molecule has 1 amide bonds. The first-order valence-corrected chi connectivity index (χ1v) is 17.4. The zero-order valence-electron chi connectivity index (χ0n) is 30.2. The summed E-state index contributed by atoms with van der Waals surface area (Å²) in [5.74, 6) is 1.15. The first kappa shape index (κ1) is 34.7. The topological polar surface area (TPSA) is 65.8 Å². The lowest BCUT2D eigenvalue weighted by Gasteiger charge is -2.39. The van der Waals surface area contributed by atoms with Gasteiger partial charge in [-0.2, -0.15) is 0 Å². The number of rotatable bonds is 7. The molecule has 3 aromatic rings. The molecule has 0 aliphatic carbocycles. The number of aryl methyl sites for hydroxylation is 2. The molecular formula is C41H55N3O3. The summed E-state index contributed by atoms with van der Waals surface area (Å²) < 4.78 is 1.62. The molecule has 0 spiro atoms. The molecule has 252 valence electrons. The van der Waals surface area contributed by atoms with E-state index in [9.17, 15) is 14.7 Å². The standard InChI is InChI=1S/C41H55N3O3/c1-25-20-33(37-23-42(10)39(46)27(3)26(37)2)22-38(45)36(25)24-43-17-14-31(15-18-43)21-32-12-11-13-34-30(6)44(19-16-35(32)34)40(47)28(4)29(5)41(7,8)9/h11-13,20,22-23,29-31,45H,4,14-19,21,24H2,1-3,5-10H3. The molecule has 1 fully saturated rings. The van der Waals surface area contributed by atoms with Gasteiger partial charge in [-0.05, 0) is 123 Å².